The van der Waals surface area contributed by atoms with Crippen LogP contribution in [0.3, 0.4) is 0 Å². The molecule has 0 heterocycles. The Bertz CT molecular complexity index is 433. The van der Waals surface area contributed by atoms with Gasteiger partial charge in [-0.3, -0.25) is 20.4 Å². The van der Waals surface area contributed by atoms with Gasteiger partial charge in [-0.15, -0.1) is 0 Å². The highest BCUT2D eigenvalue weighted by molar-refractivity contribution is 5.71. The second-order valence-electron chi connectivity index (χ2n) is 5.44. The van der Waals surface area contributed by atoms with Gasteiger partial charge in [0.25, 0.3) is 0 Å². The van der Waals surface area contributed by atoms with Crippen LogP contribution in [-0.4, -0.2) is 99.4 Å². The number of aliphatic hydroxyl groups is 2. The highest BCUT2D eigenvalue weighted by Crippen LogP contribution is 1.98. The zero-order valence-corrected chi connectivity index (χ0v) is 15.6. The minimum atomic E-state index is -1.24. The van der Waals surface area contributed by atoms with Gasteiger partial charge in [0.15, 0.2) is 12.6 Å². The Morgan fingerprint density at radius 3 is 1.93 bits per heavy atom. The lowest BCUT2D eigenvalue weighted by Crippen LogP contribution is -2.47. The van der Waals surface area contributed by atoms with E-state index in [9.17, 15) is 19.8 Å². The molecular weight excluding hydrogens is 380 g/mol. The fourth-order valence-electron chi connectivity index (χ4n) is 1.70. The van der Waals surface area contributed by atoms with Gasteiger partial charge in [-0.1, -0.05) is 0 Å². The van der Waals surface area contributed by atoms with Crippen molar-refractivity contribution in [2.24, 2.45) is 22.9 Å². The van der Waals surface area contributed by atoms with Crippen LogP contribution in [0.5, 0.6) is 0 Å². The molecule has 0 fully saturated rings. The lowest BCUT2D eigenvalue weighted by atomic mass is 10.3. The van der Waals surface area contributed by atoms with E-state index in [0.29, 0.717) is 0 Å². The molecule has 0 aliphatic carbocycles. The Kier molecular flexibility index (Phi) is 15.6. The van der Waals surface area contributed by atoms with Crippen molar-refractivity contribution in [3.05, 3.63) is 0 Å². The fraction of sp³-hybridized carbons (Fsp3) is 0.857. The van der Waals surface area contributed by atoms with E-state index < -0.39 is 36.7 Å². The van der Waals surface area contributed by atoms with Gasteiger partial charge in [-0.25, -0.2) is 0 Å². The summed E-state index contributed by atoms with van der Waals surface area (Å²) in [6, 6.07) is 0. The minimum absolute atomic E-state index is 0.0811. The molecule has 0 amide bonds. The first-order chi connectivity index (χ1) is 13.4. The number of hydrogen-bond donors (Lipinski definition) is 8. The van der Waals surface area contributed by atoms with Crippen molar-refractivity contribution < 1.29 is 38.7 Å². The highest BCUT2D eigenvalue weighted by Gasteiger charge is 2.18. The monoisotopic (exact) mass is 412 g/mol. The number of nitrogens with one attached hydrogen (secondary N) is 2. The van der Waals surface area contributed by atoms with E-state index in [1.54, 1.807) is 0 Å². The Morgan fingerprint density at radius 1 is 0.821 bits per heavy atom. The van der Waals surface area contributed by atoms with E-state index in [1.165, 1.54) is 0 Å². The largest absolute Gasteiger partial charge is 0.462 e. The van der Waals surface area contributed by atoms with Crippen LogP contribution >= 0.6 is 0 Å². The van der Waals surface area contributed by atoms with Crippen LogP contribution in [0.4, 0.5) is 0 Å². The molecule has 0 aromatic heterocycles. The van der Waals surface area contributed by atoms with Crippen LogP contribution in [0.1, 0.15) is 0 Å². The molecule has 14 nitrogen and oxygen atoms in total. The van der Waals surface area contributed by atoms with Gasteiger partial charge in [0.05, 0.1) is 19.7 Å². The van der Waals surface area contributed by atoms with E-state index in [-0.39, 0.29) is 52.5 Å². The molecule has 166 valence electrons. The van der Waals surface area contributed by atoms with Crippen molar-refractivity contribution in [1.82, 2.24) is 10.9 Å². The Balaban J connectivity index is 4.44. The molecule has 12 N–H and O–H groups in total. The first-order valence-corrected chi connectivity index (χ1v) is 8.60. The van der Waals surface area contributed by atoms with Crippen molar-refractivity contribution in [3.63, 3.8) is 0 Å². The van der Waals surface area contributed by atoms with Crippen molar-refractivity contribution in [1.29, 1.82) is 0 Å². The van der Waals surface area contributed by atoms with Crippen LogP contribution in [0.2, 0.25) is 0 Å². The first-order valence-electron chi connectivity index (χ1n) is 8.60. The van der Waals surface area contributed by atoms with Crippen LogP contribution < -0.4 is 33.8 Å². The molecule has 0 saturated carbocycles. The zero-order chi connectivity index (χ0) is 21.4. The fourth-order valence-corrected chi connectivity index (χ4v) is 1.70. The van der Waals surface area contributed by atoms with Gasteiger partial charge in [0.1, 0.15) is 18.8 Å². The SMILES string of the molecule is NCC(=O)OCC(CNNCC(COC(O)CN)OC(=O)CN)OC(O)CN. The predicted octanol–water partition coefficient (Wildman–Crippen LogP) is -5.59. The van der Waals surface area contributed by atoms with Crippen molar-refractivity contribution in [2.75, 3.05) is 52.5 Å². The van der Waals surface area contributed by atoms with Crippen LogP contribution in [0.25, 0.3) is 0 Å². The number of nitrogens with two attached hydrogens (primary N) is 4. The number of hydrogen-bond acceptors (Lipinski definition) is 14. The summed E-state index contributed by atoms with van der Waals surface area (Å²) in [6.45, 7) is -0.988. The maximum absolute atomic E-state index is 11.4. The maximum Gasteiger partial charge on any atom is 0.320 e. The summed E-state index contributed by atoms with van der Waals surface area (Å²) in [6.07, 6.45) is -3.94. The average Bonchev–Trinajstić information content (AvgIpc) is 2.71. The van der Waals surface area contributed by atoms with Crippen LogP contribution in [0, 0.1) is 0 Å². The molecule has 0 aromatic rings. The molecule has 0 aliphatic heterocycles. The van der Waals surface area contributed by atoms with E-state index in [1.807, 2.05) is 0 Å². The molecule has 0 rings (SSSR count). The zero-order valence-electron chi connectivity index (χ0n) is 15.6. The molecule has 0 bridgehead atoms. The second-order valence-corrected chi connectivity index (χ2v) is 5.44. The van der Waals surface area contributed by atoms with Crippen LogP contribution in [0.15, 0.2) is 0 Å². The molecule has 0 aliphatic rings. The topological polar surface area (TPSA) is 240 Å². The Morgan fingerprint density at radius 2 is 1.39 bits per heavy atom. The number of aliphatic hydroxyl groups excluding tert-OH is 2. The van der Waals surface area contributed by atoms with E-state index in [4.69, 9.17) is 41.9 Å². The Labute approximate surface area is 162 Å². The molecule has 0 aromatic carbocycles. The first kappa shape index (κ1) is 26.5. The van der Waals surface area contributed by atoms with E-state index in [0.717, 1.165) is 0 Å². The third kappa shape index (κ3) is 13.7. The van der Waals surface area contributed by atoms with Gasteiger partial charge in [-0.05, 0) is 0 Å². The number of rotatable bonds is 17. The number of esters is 2. The van der Waals surface area contributed by atoms with Crippen molar-refractivity contribution in [2.45, 2.75) is 24.8 Å². The summed E-state index contributed by atoms with van der Waals surface area (Å²) in [5, 5.41) is 18.8. The summed E-state index contributed by atoms with van der Waals surface area (Å²) in [7, 11) is 0. The molecule has 0 saturated heterocycles. The number of hydrazine groups is 1. The number of carbonyl (C=O) groups excluding carboxylic acids is 2. The molecule has 0 spiro atoms. The quantitative estimate of drug-likeness (QED) is 0.0481. The lowest BCUT2D eigenvalue weighted by Gasteiger charge is -2.23. The second kappa shape index (κ2) is 16.5. The molecular formula is C14H32N6O8. The van der Waals surface area contributed by atoms with Crippen molar-refractivity contribution >= 4 is 11.9 Å². The summed E-state index contributed by atoms with van der Waals surface area (Å²) < 4.78 is 20.2. The summed E-state index contributed by atoms with van der Waals surface area (Å²) in [5.74, 6) is -1.29. The smallest absolute Gasteiger partial charge is 0.320 e. The average molecular weight is 412 g/mol. The third-order valence-electron chi connectivity index (χ3n) is 3.07. The van der Waals surface area contributed by atoms with Gasteiger partial charge in [0.2, 0.25) is 0 Å². The van der Waals surface area contributed by atoms with Gasteiger partial charge in [0, 0.05) is 26.2 Å². The number of carbonyl (C=O) groups is 2. The summed E-state index contributed by atoms with van der Waals surface area (Å²) in [5.41, 5.74) is 26.4. The van der Waals surface area contributed by atoms with Gasteiger partial charge < -0.3 is 52.1 Å². The van der Waals surface area contributed by atoms with E-state index >= 15 is 0 Å². The molecule has 0 radical (unpaired) electrons. The normalized spacial score (nSPS) is 15.5. The van der Waals surface area contributed by atoms with Crippen LogP contribution in [-0.2, 0) is 28.5 Å². The molecule has 4 atom stereocenters. The van der Waals surface area contributed by atoms with Crippen molar-refractivity contribution in [3.8, 4) is 0 Å². The lowest BCUT2D eigenvalue weighted by molar-refractivity contribution is -0.163. The summed E-state index contributed by atoms with van der Waals surface area (Å²) in [4.78, 5) is 22.5. The standard InChI is InChI=1S/C14H32N6O8/c15-1-11(21)25-7-9(27-13(23)3-17)5-19-20-6-10(28-14(24)4-18)8-26-12(22)2-16/h9-11,14,19-21,24H,1-8,15-18H2. The molecule has 28 heavy (non-hydrogen) atoms. The summed E-state index contributed by atoms with van der Waals surface area (Å²) >= 11 is 0. The third-order valence-corrected chi connectivity index (χ3v) is 3.07. The minimum Gasteiger partial charge on any atom is -0.462 e. The maximum atomic E-state index is 11.4. The van der Waals surface area contributed by atoms with Gasteiger partial charge in [-0.2, -0.15) is 0 Å². The van der Waals surface area contributed by atoms with Gasteiger partial charge >= 0.3 is 11.9 Å². The molecule has 14 heteroatoms. The molecule has 4 unspecified atom stereocenters. The predicted molar refractivity (Wildman–Crippen MR) is 95.9 cm³/mol. The number of ether oxygens (including phenoxy) is 4. The highest BCUT2D eigenvalue weighted by atomic mass is 16.6. The Hall–Kier alpha value is -1.46. The van der Waals surface area contributed by atoms with E-state index in [2.05, 4.69) is 10.9 Å².